The number of aromatic amines is 1. The first-order valence-corrected chi connectivity index (χ1v) is 9.96. The number of amides is 1. The number of benzene rings is 2. The van der Waals surface area contributed by atoms with Gasteiger partial charge in [-0.15, -0.1) is 11.8 Å². The lowest BCUT2D eigenvalue weighted by Crippen LogP contribution is -2.21. The number of carbonyl (C=O) groups is 1. The standard InChI is InChI=1S/C19H16F3N3O2S2/c1-2-25-17(27)12-8-7-11(9-14(12)24-18(25)28)16(26)23-13-5-3-4-6-15(13)29-10-19(20,21)22/h3-9H,2,10H2,1H3,(H,23,26)(H,24,28). The lowest BCUT2D eigenvalue weighted by Gasteiger charge is -2.12. The molecule has 2 N–H and O–H groups in total. The molecule has 1 heterocycles. The zero-order valence-corrected chi connectivity index (χ0v) is 16.8. The molecule has 0 aliphatic rings. The van der Waals surface area contributed by atoms with Crippen molar-refractivity contribution < 1.29 is 18.0 Å². The highest BCUT2D eigenvalue weighted by atomic mass is 32.2. The van der Waals surface area contributed by atoms with Crippen LogP contribution in [0.5, 0.6) is 0 Å². The van der Waals surface area contributed by atoms with Gasteiger partial charge in [0.25, 0.3) is 11.5 Å². The van der Waals surface area contributed by atoms with E-state index in [0.29, 0.717) is 34.1 Å². The van der Waals surface area contributed by atoms with Crippen LogP contribution in [0.25, 0.3) is 10.9 Å². The second-order valence-electron chi connectivity index (χ2n) is 6.09. The molecule has 10 heteroatoms. The number of fused-ring (bicyclic) bond motifs is 1. The first-order chi connectivity index (χ1) is 13.7. The largest absolute Gasteiger partial charge is 0.398 e. The Balaban J connectivity index is 1.89. The van der Waals surface area contributed by atoms with Gasteiger partial charge in [-0.05, 0) is 49.5 Å². The van der Waals surface area contributed by atoms with Crippen molar-refractivity contribution in [3.8, 4) is 0 Å². The van der Waals surface area contributed by atoms with Crippen molar-refractivity contribution in [2.24, 2.45) is 0 Å². The molecule has 0 fully saturated rings. The van der Waals surface area contributed by atoms with E-state index in [4.69, 9.17) is 12.2 Å². The molecule has 1 aromatic heterocycles. The summed E-state index contributed by atoms with van der Waals surface area (Å²) in [4.78, 5) is 28.3. The number of rotatable bonds is 5. The number of carbonyl (C=O) groups excluding carboxylic acids is 1. The molecule has 29 heavy (non-hydrogen) atoms. The highest BCUT2D eigenvalue weighted by Crippen LogP contribution is 2.32. The van der Waals surface area contributed by atoms with Gasteiger partial charge in [0.2, 0.25) is 0 Å². The minimum absolute atomic E-state index is 0.243. The summed E-state index contributed by atoms with van der Waals surface area (Å²) >= 11 is 5.77. The third-order valence-electron chi connectivity index (χ3n) is 4.09. The Labute approximate surface area is 172 Å². The van der Waals surface area contributed by atoms with E-state index in [0.717, 1.165) is 0 Å². The molecule has 1 amide bonds. The lowest BCUT2D eigenvalue weighted by atomic mass is 10.1. The molecule has 0 radical (unpaired) electrons. The Hall–Kier alpha value is -2.59. The molecule has 0 bridgehead atoms. The van der Waals surface area contributed by atoms with Crippen molar-refractivity contribution in [3.63, 3.8) is 0 Å². The number of aromatic nitrogens is 2. The van der Waals surface area contributed by atoms with E-state index in [1.807, 2.05) is 0 Å². The number of thioether (sulfide) groups is 1. The topological polar surface area (TPSA) is 66.9 Å². The van der Waals surface area contributed by atoms with Gasteiger partial charge >= 0.3 is 6.18 Å². The van der Waals surface area contributed by atoms with Crippen molar-refractivity contribution in [2.45, 2.75) is 24.5 Å². The highest BCUT2D eigenvalue weighted by molar-refractivity contribution is 7.99. The third kappa shape index (κ3) is 4.88. The van der Waals surface area contributed by atoms with E-state index < -0.39 is 17.8 Å². The molecule has 5 nitrogen and oxygen atoms in total. The Kier molecular flexibility index (Phi) is 6.13. The van der Waals surface area contributed by atoms with Gasteiger partial charge in [-0.1, -0.05) is 12.1 Å². The van der Waals surface area contributed by atoms with Crippen LogP contribution in [0, 0.1) is 4.77 Å². The van der Waals surface area contributed by atoms with Crippen molar-refractivity contribution in [1.82, 2.24) is 9.55 Å². The average molecular weight is 439 g/mol. The smallest absolute Gasteiger partial charge is 0.332 e. The van der Waals surface area contributed by atoms with E-state index in [1.54, 1.807) is 19.1 Å². The van der Waals surface area contributed by atoms with Gasteiger partial charge in [0.1, 0.15) is 0 Å². The average Bonchev–Trinajstić information content (AvgIpc) is 2.66. The van der Waals surface area contributed by atoms with Crippen LogP contribution >= 0.6 is 24.0 Å². The quantitative estimate of drug-likeness (QED) is 0.434. The summed E-state index contributed by atoms with van der Waals surface area (Å²) in [5.41, 5.74) is 0.679. The maximum Gasteiger partial charge on any atom is 0.398 e. The van der Waals surface area contributed by atoms with Crippen LogP contribution in [0.4, 0.5) is 18.9 Å². The molecule has 0 atom stereocenters. The number of anilines is 1. The van der Waals surface area contributed by atoms with Crippen molar-refractivity contribution in [3.05, 3.63) is 63.2 Å². The van der Waals surface area contributed by atoms with Crippen molar-refractivity contribution >= 4 is 46.5 Å². The van der Waals surface area contributed by atoms with Crippen LogP contribution in [0.2, 0.25) is 0 Å². The number of hydrogen-bond donors (Lipinski definition) is 2. The molecule has 0 saturated heterocycles. The second-order valence-corrected chi connectivity index (χ2v) is 7.50. The molecule has 3 aromatic rings. The van der Waals surface area contributed by atoms with E-state index in [-0.39, 0.29) is 21.6 Å². The van der Waals surface area contributed by atoms with Crippen molar-refractivity contribution in [2.75, 3.05) is 11.1 Å². The highest BCUT2D eigenvalue weighted by Gasteiger charge is 2.27. The first-order valence-electron chi connectivity index (χ1n) is 8.56. The number of nitrogens with zero attached hydrogens (tertiary/aromatic N) is 1. The molecular formula is C19H16F3N3O2S2. The van der Waals surface area contributed by atoms with E-state index in [9.17, 15) is 22.8 Å². The molecule has 0 aliphatic carbocycles. The van der Waals surface area contributed by atoms with Gasteiger partial charge in [-0.25, -0.2) is 0 Å². The fourth-order valence-corrected chi connectivity index (χ4v) is 3.82. The number of halogens is 3. The predicted octanol–water partition coefficient (Wildman–Crippen LogP) is 4.99. The monoisotopic (exact) mass is 439 g/mol. The zero-order valence-electron chi connectivity index (χ0n) is 15.2. The second kappa shape index (κ2) is 8.42. The van der Waals surface area contributed by atoms with E-state index in [2.05, 4.69) is 10.3 Å². The van der Waals surface area contributed by atoms with E-state index in [1.165, 1.54) is 34.9 Å². The summed E-state index contributed by atoms with van der Waals surface area (Å²) in [5.74, 6) is -1.57. The van der Waals surface area contributed by atoms with Crippen LogP contribution in [0.1, 0.15) is 17.3 Å². The minimum Gasteiger partial charge on any atom is -0.332 e. The van der Waals surface area contributed by atoms with Crippen LogP contribution in [-0.4, -0.2) is 27.4 Å². The first kappa shape index (κ1) is 21.1. The molecule has 3 rings (SSSR count). The summed E-state index contributed by atoms with van der Waals surface area (Å²) in [6.07, 6.45) is -4.32. The Morgan fingerprint density at radius 2 is 1.97 bits per heavy atom. The van der Waals surface area contributed by atoms with Crippen LogP contribution in [0.15, 0.2) is 52.2 Å². The van der Waals surface area contributed by atoms with E-state index >= 15 is 0 Å². The molecule has 0 spiro atoms. The normalized spacial score (nSPS) is 11.6. The molecule has 0 aliphatic heterocycles. The summed E-state index contributed by atoms with van der Waals surface area (Å²) in [5, 5.41) is 3.02. The summed E-state index contributed by atoms with van der Waals surface area (Å²) < 4.78 is 39.2. The van der Waals surface area contributed by atoms with Gasteiger partial charge in [-0.3, -0.25) is 14.2 Å². The number of hydrogen-bond acceptors (Lipinski definition) is 4. The Morgan fingerprint density at radius 3 is 2.66 bits per heavy atom. The van der Waals surface area contributed by atoms with Gasteiger partial charge in [-0.2, -0.15) is 13.2 Å². The Morgan fingerprint density at radius 1 is 1.24 bits per heavy atom. The van der Waals surface area contributed by atoms with Gasteiger partial charge in [0, 0.05) is 17.0 Å². The fourth-order valence-electron chi connectivity index (χ4n) is 2.73. The lowest BCUT2D eigenvalue weighted by molar-refractivity contribution is -0.105. The minimum atomic E-state index is -4.32. The molecule has 152 valence electrons. The van der Waals surface area contributed by atoms with Gasteiger partial charge in [0.05, 0.1) is 22.3 Å². The molecule has 0 unspecified atom stereocenters. The number of para-hydroxylation sites is 1. The number of H-pyrrole nitrogens is 1. The van der Waals surface area contributed by atoms with Gasteiger partial charge < -0.3 is 10.3 Å². The predicted molar refractivity (Wildman–Crippen MR) is 110 cm³/mol. The molecular weight excluding hydrogens is 423 g/mol. The number of alkyl halides is 3. The number of nitrogens with one attached hydrogen (secondary N) is 2. The van der Waals surface area contributed by atoms with Gasteiger partial charge in [0.15, 0.2) is 4.77 Å². The molecule has 2 aromatic carbocycles. The molecule has 0 saturated carbocycles. The Bertz CT molecular complexity index is 1190. The van der Waals surface area contributed by atoms with Crippen LogP contribution < -0.4 is 10.9 Å². The summed E-state index contributed by atoms with van der Waals surface area (Å²) in [6.45, 7) is 2.21. The zero-order chi connectivity index (χ0) is 21.2. The van der Waals surface area contributed by atoms with Crippen molar-refractivity contribution in [1.29, 1.82) is 0 Å². The SMILES string of the molecule is CCn1c(=S)[nH]c2cc(C(=O)Nc3ccccc3SCC(F)(F)F)ccc2c1=O. The maximum atomic E-state index is 12.6. The van der Waals surface area contributed by atoms with Crippen LogP contribution in [0.3, 0.4) is 0 Å². The maximum absolute atomic E-state index is 12.6. The van der Waals surface area contributed by atoms with Crippen LogP contribution in [-0.2, 0) is 6.54 Å². The summed E-state index contributed by atoms with van der Waals surface area (Å²) in [7, 11) is 0. The third-order valence-corrected chi connectivity index (χ3v) is 5.55. The fraction of sp³-hybridized carbons (Fsp3) is 0.211. The summed E-state index contributed by atoms with van der Waals surface area (Å²) in [6, 6.07) is 10.8.